The average molecular weight is 208 g/mol. The Morgan fingerprint density at radius 2 is 1.80 bits per heavy atom. The number of thiophene rings is 1. The molecule has 1 aromatic carbocycles. The summed E-state index contributed by atoms with van der Waals surface area (Å²) in [5.41, 5.74) is 2.79. The minimum Gasteiger partial charge on any atom is -0.151 e. The van der Waals surface area contributed by atoms with Gasteiger partial charge in [-0.1, -0.05) is 29.9 Å². The molecule has 0 spiro atoms. The fourth-order valence-corrected chi connectivity index (χ4v) is 1.78. The van der Waals surface area contributed by atoms with Crippen LogP contribution < -0.4 is 0 Å². The highest BCUT2D eigenvalue weighted by molar-refractivity contribution is 7.08. The Morgan fingerprint density at radius 1 is 1.00 bits per heavy atom. The lowest BCUT2D eigenvalue weighted by Crippen LogP contribution is -1.81. The molecule has 2 aromatic rings. The highest BCUT2D eigenvalue weighted by Crippen LogP contribution is 2.07. The molecule has 0 N–H and O–H groups in total. The summed E-state index contributed by atoms with van der Waals surface area (Å²) in [6, 6.07) is 9.70. The van der Waals surface area contributed by atoms with E-state index in [9.17, 15) is 0 Å². The summed E-state index contributed by atoms with van der Waals surface area (Å²) >= 11 is 1.64. The van der Waals surface area contributed by atoms with Crippen molar-refractivity contribution in [1.29, 1.82) is 0 Å². The van der Waals surface area contributed by atoms with Gasteiger partial charge in [-0.3, -0.25) is 0 Å². The topological polar surface area (TPSA) is 0 Å². The molecule has 0 unspecified atom stereocenters. The Balaban J connectivity index is 2.36. The van der Waals surface area contributed by atoms with Crippen LogP contribution in [0.25, 0.3) is 0 Å². The first-order valence-electron chi connectivity index (χ1n) is 4.50. The van der Waals surface area contributed by atoms with Gasteiger partial charge in [0.1, 0.15) is 0 Å². The molecule has 0 saturated carbocycles. The first-order chi connectivity index (χ1) is 7.40. The molecule has 2 rings (SSSR count). The summed E-state index contributed by atoms with van der Waals surface area (Å²) in [4.78, 5) is 0. The van der Waals surface area contributed by atoms with E-state index in [-0.39, 0.29) is 0 Å². The molecule has 0 aliphatic rings. The normalized spacial score (nSPS) is 8.73. The van der Waals surface area contributed by atoms with Gasteiger partial charge in [-0.15, -0.1) is 6.42 Å². The van der Waals surface area contributed by atoms with Crippen molar-refractivity contribution in [1.82, 2.24) is 0 Å². The maximum Gasteiger partial charge on any atom is 0.0405 e. The lowest BCUT2D eigenvalue weighted by molar-refractivity contribution is 1.59. The van der Waals surface area contributed by atoms with E-state index < -0.39 is 0 Å². The zero-order valence-electron chi connectivity index (χ0n) is 8.03. The highest BCUT2D eigenvalue weighted by Gasteiger charge is 1.93. The van der Waals surface area contributed by atoms with Gasteiger partial charge in [-0.05, 0) is 23.6 Å². The summed E-state index contributed by atoms with van der Waals surface area (Å²) in [6.07, 6.45) is 5.38. The second-order valence-corrected chi connectivity index (χ2v) is 3.73. The molecule has 1 heteroatoms. The number of hydrogen-bond acceptors (Lipinski definition) is 1. The Bertz CT molecular complexity index is 545. The molecule has 70 valence electrons. The van der Waals surface area contributed by atoms with E-state index in [1.807, 2.05) is 41.1 Å². The van der Waals surface area contributed by atoms with E-state index in [0.29, 0.717) is 0 Å². The molecular weight excluding hydrogens is 200 g/mol. The molecule has 0 aliphatic carbocycles. The molecule has 0 fully saturated rings. The van der Waals surface area contributed by atoms with E-state index in [0.717, 1.165) is 16.7 Å². The summed E-state index contributed by atoms with van der Waals surface area (Å²) in [5.74, 6) is 8.79. The van der Waals surface area contributed by atoms with Crippen LogP contribution in [0, 0.1) is 24.2 Å². The van der Waals surface area contributed by atoms with Gasteiger partial charge in [0, 0.05) is 22.1 Å². The van der Waals surface area contributed by atoms with Gasteiger partial charge in [0.25, 0.3) is 0 Å². The molecular formula is C14H8S. The van der Waals surface area contributed by atoms with Crippen LogP contribution in [0.3, 0.4) is 0 Å². The molecule has 0 radical (unpaired) electrons. The molecule has 0 saturated heterocycles. The SMILES string of the molecule is C#Cc1ccccc1C#Cc1ccsc1. The maximum absolute atomic E-state index is 5.38. The third kappa shape index (κ3) is 2.29. The predicted octanol–water partition coefficient (Wildman–Crippen LogP) is 3.13. The van der Waals surface area contributed by atoms with E-state index >= 15 is 0 Å². The van der Waals surface area contributed by atoms with Crippen LogP contribution >= 0.6 is 11.3 Å². The third-order valence-electron chi connectivity index (χ3n) is 1.95. The number of rotatable bonds is 0. The fourth-order valence-electron chi connectivity index (χ4n) is 1.19. The minimum atomic E-state index is 0.847. The molecule has 0 amide bonds. The van der Waals surface area contributed by atoms with Gasteiger partial charge in [0.05, 0.1) is 0 Å². The second kappa shape index (κ2) is 4.51. The third-order valence-corrected chi connectivity index (χ3v) is 2.63. The quantitative estimate of drug-likeness (QED) is 0.583. The molecule has 0 atom stereocenters. The van der Waals surface area contributed by atoms with Crippen molar-refractivity contribution >= 4 is 11.3 Å². The Labute approximate surface area is 93.6 Å². The van der Waals surface area contributed by atoms with E-state index in [4.69, 9.17) is 6.42 Å². The van der Waals surface area contributed by atoms with Crippen molar-refractivity contribution in [3.63, 3.8) is 0 Å². The van der Waals surface area contributed by atoms with Gasteiger partial charge < -0.3 is 0 Å². The summed E-state index contributed by atoms with van der Waals surface area (Å²) in [5, 5.41) is 4.03. The van der Waals surface area contributed by atoms with Crippen LogP contribution in [0.4, 0.5) is 0 Å². The van der Waals surface area contributed by atoms with Gasteiger partial charge >= 0.3 is 0 Å². The van der Waals surface area contributed by atoms with Crippen molar-refractivity contribution < 1.29 is 0 Å². The lowest BCUT2D eigenvalue weighted by atomic mass is 10.1. The van der Waals surface area contributed by atoms with Crippen LogP contribution in [0.1, 0.15) is 16.7 Å². The first kappa shape index (κ1) is 9.59. The van der Waals surface area contributed by atoms with Crippen LogP contribution in [-0.4, -0.2) is 0 Å². The smallest absolute Gasteiger partial charge is 0.0405 e. The summed E-state index contributed by atoms with van der Waals surface area (Å²) in [6.45, 7) is 0. The predicted molar refractivity (Wildman–Crippen MR) is 64.7 cm³/mol. The van der Waals surface area contributed by atoms with Gasteiger partial charge in [-0.2, -0.15) is 11.3 Å². The zero-order chi connectivity index (χ0) is 10.5. The molecule has 0 nitrogen and oxygen atoms in total. The number of terminal acetylenes is 1. The lowest BCUT2D eigenvalue weighted by Gasteiger charge is -1.93. The zero-order valence-corrected chi connectivity index (χ0v) is 8.84. The molecule has 0 aliphatic heterocycles. The Morgan fingerprint density at radius 3 is 2.47 bits per heavy atom. The maximum atomic E-state index is 5.38. The minimum absolute atomic E-state index is 0.847. The number of benzene rings is 1. The second-order valence-electron chi connectivity index (χ2n) is 2.95. The monoisotopic (exact) mass is 208 g/mol. The van der Waals surface area contributed by atoms with Crippen LogP contribution in [0.5, 0.6) is 0 Å². The first-order valence-corrected chi connectivity index (χ1v) is 5.44. The van der Waals surface area contributed by atoms with Crippen molar-refractivity contribution in [2.75, 3.05) is 0 Å². The van der Waals surface area contributed by atoms with E-state index in [1.54, 1.807) is 11.3 Å². The molecule has 1 aromatic heterocycles. The highest BCUT2D eigenvalue weighted by atomic mass is 32.1. The van der Waals surface area contributed by atoms with Gasteiger partial charge in [0.15, 0.2) is 0 Å². The van der Waals surface area contributed by atoms with E-state index in [2.05, 4.69) is 17.8 Å². The fraction of sp³-hybridized carbons (Fsp3) is 0. The van der Waals surface area contributed by atoms with Crippen LogP contribution in [0.2, 0.25) is 0 Å². The summed E-state index contributed by atoms with van der Waals surface area (Å²) < 4.78 is 0. The van der Waals surface area contributed by atoms with Crippen molar-refractivity contribution in [3.8, 4) is 24.2 Å². The van der Waals surface area contributed by atoms with E-state index in [1.165, 1.54) is 0 Å². The standard InChI is InChI=1S/C14H8S/c1-2-13-5-3-4-6-14(13)8-7-12-9-10-15-11-12/h1,3-6,9-11H. The van der Waals surface area contributed by atoms with Crippen molar-refractivity contribution in [3.05, 3.63) is 57.8 Å². The van der Waals surface area contributed by atoms with Crippen LogP contribution in [0.15, 0.2) is 41.1 Å². The largest absolute Gasteiger partial charge is 0.151 e. The molecule has 15 heavy (non-hydrogen) atoms. The van der Waals surface area contributed by atoms with Gasteiger partial charge in [0.2, 0.25) is 0 Å². The molecule has 1 heterocycles. The Hall–Kier alpha value is -1.96. The van der Waals surface area contributed by atoms with Crippen molar-refractivity contribution in [2.24, 2.45) is 0 Å². The molecule has 0 bridgehead atoms. The van der Waals surface area contributed by atoms with Gasteiger partial charge in [-0.25, -0.2) is 0 Å². The van der Waals surface area contributed by atoms with Crippen molar-refractivity contribution in [2.45, 2.75) is 0 Å². The van der Waals surface area contributed by atoms with Crippen LogP contribution in [-0.2, 0) is 0 Å². The average Bonchev–Trinajstić information content (AvgIpc) is 2.79. The summed E-state index contributed by atoms with van der Waals surface area (Å²) in [7, 11) is 0. The number of hydrogen-bond donors (Lipinski definition) is 0. The Kier molecular flexibility index (Phi) is 2.88.